The number of carbonyl (C=O) groups excluding carboxylic acids is 3. The monoisotopic (exact) mass is 402 g/mol. The Kier molecular flexibility index (Phi) is 8.68. The first-order chi connectivity index (χ1) is 13.5. The molecule has 7 heteroatoms. The first kappa shape index (κ1) is 21.6. The Balaban J connectivity index is 1.80. The Labute approximate surface area is 169 Å². The molecule has 0 aliphatic heterocycles. The lowest BCUT2D eigenvalue weighted by molar-refractivity contribution is -0.152. The molecule has 0 bridgehead atoms. The predicted molar refractivity (Wildman–Crippen MR) is 110 cm³/mol. The fraction of sp³-hybridized carbons (Fsp3) is 0.381. The third-order valence-electron chi connectivity index (χ3n) is 4.11. The second kappa shape index (κ2) is 11.2. The molecule has 2 rings (SSSR count). The molecule has 0 fully saturated rings. The number of carbonyl (C=O) groups is 3. The molecule has 0 unspecified atom stereocenters. The van der Waals surface area contributed by atoms with Crippen LogP contribution in [0.4, 0.5) is 5.69 Å². The summed E-state index contributed by atoms with van der Waals surface area (Å²) in [4.78, 5) is 39.1. The largest absolute Gasteiger partial charge is 0.456 e. The van der Waals surface area contributed by atoms with E-state index in [-0.39, 0.29) is 31.4 Å². The number of anilines is 1. The van der Waals surface area contributed by atoms with Crippen LogP contribution in [0.25, 0.3) is 0 Å². The molecule has 0 saturated carbocycles. The fourth-order valence-electron chi connectivity index (χ4n) is 2.62. The van der Waals surface area contributed by atoms with E-state index in [9.17, 15) is 14.4 Å². The van der Waals surface area contributed by atoms with Gasteiger partial charge in [-0.1, -0.05) is 31.2 Å². The van der Waals surface area contributed by atoms with Gasteiger partial charge in [-0.15, -0.1) is 11.3 Å². The predicted octanol–water partition coefficient (Wildman–Crippen LogP) is 3.41. The summed E-state index contributed by atoms with van der Waals surface area (Å²) in [6.45, 7) is 3.83. The zero-order chi connectivity index (χ0) is 20.4. The molecule has 0 saturated heterocycles. The van der Waals surface area contributed by atoms with E-state index in [1.807, 2.05) is 55.6 Å². The number of aryl methyl sites for hydroxylation is 2. The number of para-hydroxylation sites is 1. The van der Waals surface area contributed by atoms with Crippen molar-refractivity contribution in [2.24, 2.45) is 0 Å². The highest BCUT2D eigenvalue weighted by Gasteiger charge is 2.18. The molecular formula is C21H26N2O4S. The van der Waals surface area contributed by atoms with Crippen LogP contribution < -0.4 is 5.32 Å². The summed E-state index contributed by atoms with van der Waals surface area (Å²) in [5.74, 6) is -1.06. The Morgan fingerprint density at radius 3 is 2.61 bits per heavy atom. The van der Waals surface area contributed by atoms with E-state index in [0.717, 1.165) is 16.1 Å². The van der Waals surface area contributed by atoms with Crippen LogP contribution in [0.5, 0.6) is 0 Å². The van der Waals surface area contributed by atoms with Gasteiger partial charge in [-0.2, -0.15) is 0 Å². The van der Waals surface area contributed by atoms with Gasteiger partial charge >= 0.3 is 5.97 Å². The second-order valence-corrected chi connectivity index (χ2v) is 7.45. The lowest BCUT2D eigenvalue weighted by Gasteiger charge is -2.21. The summed E-state index contributed by atoms with van der Waals surface area (Å²) in [7, 11) is 0. The molecule has 6 nitrogen and oxygen atoms in total. The molecule has 28 heavy (non-hydrogen) atoms. The quantitative estimate of drug-likeness (QED) is 0.618. The Morgan fingerprint density at radius 1 is 1.14 bits per heavy atom. The van der Waals surface area contributed by atoms with Crippen LogP contribution in [-0.2, 0) is 25.5 Å². The standard InChI is InChI=1S/C21H26N2O4S/c1-3-12-23(14-19(24)22-18-9-5-4-7-16(18)2)20(25)15-27-21(26)11-10-17-8-6-13-28-17/h4-9,13H,3,10-12,14-15H2,1-2H3,(H,22,24). The number of benzene rings is 1. The van der Waals surface area contributed by atoms with Crippen LogP contribution in [0.3, 0.4) is 0 Å². The number of esters is 1. The van der Waals surface area contributed by atoms with Gasteiger partial charge in [0, 0.05) is 17.1 Å². The highest BCUT2D eigenvalue weighted by Crippen LogP contribution is 2.13. The average molecular weight is 403 g/mol. The van der Waals surface area contributed by atoms with Gasteiger partial charge in [0.2, 0.25) is 5.91 Å². The molecule has 0 atom stereocenters. The maximum atomic E-state index is 12.4. The molecule has 0 aliphatic rings. The first-order valence-corrected chi connectivity index (χ1v) is 10.2. The number of thiophene rings is 1. The molecule has 1 aromatic heterocycles. The Hall–Kier alpha value is -2.67. The molecule has 0 radical (unpaired) electrons. The van der Waals surface area contributed by atoms with E-state index in [4.69, 9.17) is 4.74 Å². The van der Waals surface area contributed by atoms with Gasteiger partial charge in [0.1, 0.15) is 0 Å². The second-order valence-electron chi connectivity index (χ2n) is 6.42. The molecule has 1 aromatic carbocycles. The topological polar surface area (TPSA) is 75.7 Å². The highest BCUT2D eigenvalue weighted by atomic mass is 32.1. The zero-order valence-corrected chi connectivity index (χ0v) is 17.1. The van der Waals surface area contributed by atoms with Crippen molar-refractivity contribution in [3.8, 4) is 0 Å². The number of hydrogen-bond donors (Lipinski definition) is 1. The lowest BCUT2D eigenvalue weighted by Crippen LogP contribution is -2.40. The van der Waals surface area contributed by atoms with Gasteiger partial charge < -0.3 is 15.0 Å². The van der Waals surface area contributed by atoms with Crippen molar-refractivity contribution in [2.75, 3.05) is 25.0 Å². The van der Waals surface area contributed by atoms with Gasteiger partial charge in [-0.3, -0.25) is 14.4 Å². The summed E-state index contributed by atoms with van der Waals surface area (Å²) in [6, 6.07) is 11.3. The van der Waals surface area contributed by atoms with E-state index in [2.05, 4.69) is 5.32 Å². The van der Waals surface area contributed by atoms with Crippen LogP contribution >= 0.6 is 11.3 Å². The molecule has 150 valence electrons. The highest BCUT2D eigenvalue weighted by molar-refractivity contribution is 7.09. The Bertz CT molecular complexity index is 789. The molecular weight excluding hydrogens is 376 g/mol. The summed E-state index contributed by atoms with van der Waals surface area (Å²) in [6.07, 6.45) is 1.53. The fourth-order valence-corrected chi connectivity index (χ4v) is 3.33. The number of hydrogen-bond acceptors (Lipinski definition) is 5. The van der Waals surface area contributed by atoms with Crippen molar-refractivity contribution in [3.63, 3.8) is 0 Å². The number of nitrogens with zero attached hydrogens (tertiary/aromatic N) is 1. The van der Waals surface area contributed by atoms with Crippen LogP contribution in [0.2, 0.25) is 0 Å². The van der Waals surface area contributed by atoms with Crippen molar-refractivity contribution in [1.29, 1.82) is 0 Å². The summed E-state index contributed by atoms with van der Waals surface area (Å²) < 4.78 is 5.09. The number of nitrogens with one attached hydrogen (secondary N) is 1. The Morgan fingerprint density at radius 2 is 1.93 bits per heavy atom. The minimum atomic E-state index is -0.414. The van der Waals surface area contributed by atoms with Crippen molar-refractivity contribution in [2.45, 2.75) is 33.1 Å². The van der Waals surface area contributed by atoms with Crippen molar-refractivity contribution < 1.29 is 19.1 Å². The number of rotatable bonds is 10. The number of ether oxygens (including phenoxy) is 1. The summed E-state index contributed by atoms with van der Waals surface area (Å²) in [5, 5.41) is 4.77. The zero-order valence-electron chi connectivity index (χ0n) is 16.3. The molecule has 1 heterocycles. The van der Waals surface area contributed by atoms with Gasteiger partial charge in [0.15, 0.2) is 6.61 Å². The lowest BCUT2D eigenvalue weighted by atomic mass is 10.2. The molecule has 2 amide bonds. The summed E-state index contributed by atoms with van der Waals surface area (Å²) in [5.41, 5.74) is 1.67. The van der Waals surface area contributed by atoms with Crippen LogP contribution in [0, 0.1) is 6.92 Å². The van der Waals surface area contributed by atoms with Crippen molar-refractivity contribution in [3.05, 3.63) is 52.2 Å². The van der Waals surface area contributed by atoms with Crippen LogP contribution in [0.1, 0.15) is 30.2 Å². The third-order valence-corrected chi connectivity index (χ3v) is 5.05. The van der Waals surface area contributed by atoms with Crippen LogP contribution in [-0.4, -0.2) is 42.4 Å². The summed E-state index contributed by atoms with van der Waals surface area (Å²) >= 11 is 1.58. The maximum Gasteiger partial charge on any atom is 0.306 e. The van der Waals surface area contributed by atoms with Gasteiger partial charge in [-0.25, -0.2) is 0 Å². The van der Waals surface area contributed by atoms with Crippen molar-refractivity contribution in [1.82, 2.24) is 4.90 Å². The molecule has 1 N–H and O–H groups in total. The third kappa shape index (κ3) is 7.15. The minimum Gasteiger partial charge on any atom is -0.456 e. The minimum absolute atomic E-state index is 0.0756. The molecule has 2 aromatic rings. The van der Waals surface area contributed by atoms with E-state index in [1.54, 1.807) is 11.3 Å². The average Bonchev–Trinajstić information content (AvgIpc) is 3.19. The smallest absolute Gasteiger partial charge is 0.306 e. The van der Waals surface area contributed by atoms with E-state index < -0.39 is 5.97 Å². The first-order valence-electron chi connectivity index (χ1n) is 9.31. The van der Waals surface area contributed by atoms with Gasteiger partial charge in [0.05, 0.1) is 13.0 Å². The van der Waals surface area contributed by atoms with E-state index in [1.165, 1.54) is 4.90 Å². The normalized spacial score (nSPS) is 10.4. The van der Waals surface area contributed by atoms with Crippen LogP contribution in [0.15, 0.2) is 41.8 Å². The number of amides is 2. The molecule has 0 aliphatic carbocycles. The maximum absolute atomic E-state index is 12.4. The van der Waals surface area contributed by atoms with E-state index in [0.29, 0.717) is 19.4 Å². The SMILES string of the molecule is CCCN(CC(=O)Nc1ccccc1C)C(=O)COC(=O)CCc1cccs1. The van der Waals surface area contributed by atoms with E-state index >= 15 is 0 Å². The van der Waals surface area contributed by atoms with Gasteiger partial charge in [0.25, 0.3) is 5.91 Å². The molecule has 0 spiro atoms. The van der Waals surface area contributed by atoms with Crippen molar-refractivity contribution >= 4 is 34.8 Å². The van der Waals surface area contributed by atoms with Gasteiger partial charge in [-0.05, 0) is 42.8 Å².